The van der Waals surface area contributed by atoms with E-state index < -0.39 is 31.9 Å². The molecule has 2 aliphatic heterocycles. The van der Waals surface area contributed by atoms with Gasteiger partial charge in [0.25, 0.3) is 11.8 Å². The van der Waals surface area contributed by atoms with Crippen molar-refractivity contribution in [1.29, 1.82) is 0 Å². The fraction of sp³-hybridized carbons (Fsp3) is 0.481. The van der Waals surface area contributed by atoms with E-state index in [-0.39, 0.29) is 31.9 Å². The van der Waals surface area contributed by atoms with Crippen LogP contribution < -0.4 is 15.1 Å². The zero-order chi connectivity index (χ0) is 28.5. The smallest absolute Gasteiger partial charge is 0.409 e. The van der Waals surface area contributed by atoms with Crippen LogP contribution in [0.3, 0.4) is 0 Å². The molecule has 2 fully saturated rings. The number of carbonyl (C=O) groups excluding carboxylic acids is 3. The monoisotopic (exact) mass is 570 g/mol. The molecule has 0 spiro atoms. The number of nitrogens with zero attached hydrogens (tertiary/aromatic N) is 5. The van der Waals surface area contributed by atoms with E-state index in [0.717, 1.165) is 50.1 Å². The lowest BCUT2D eigenvalue weighted by atomic mass is 10.2. The molecule has 3 heterocycles. The van der Waals surface area contributed by atoms with Crippen LogP contribution in [0.25, 0.3) is 11.4 Å². The van der Waals surface area contributed by atoms with Gasteiger partial charge < -0.3 is 29.6 Å². The number of ether oxygens (including phenoxy) is 1. The second-order valence-electron chi connectivity index (χ2n) is 9.68. The van der Waals surface area contributed by atoms with Gasteiger partial charge in [0.2, 0.25) is 8.00 Å². The minimum Gasteiger partial charge on any atom is -0.603 e. The minimum absolute atomic E-state index is 0.0507. The highest BCUT2D eigenvalue weighted by Crippen LogP contribution is 2.23. The van der Waals surface area contributed by atoms with Crippen molar-refractivity contribution in [2.75, 3.05) is 50.8 Å². The second-order valence-corrected chi connectivity index (χ2v) is 10.6. The first-order chi connectivity index (χ1) is 19.4. The number of nitrogens with one attached hydrogen (secondary N) is 1. The van der Waals surface area contributed by atoms with Gasteiger partial charge in [0.1, 0.15) is 17.3 Å². The number of piperazine rings is 1. The van der Waals surface area contributed by atoms with Crippen LogP contribution in [0, 0.1) is 0 Å². The van der Waals surface area contributed by atoms with Gasteiger partial charge in [0.05, 0.1) is 6.61 Å². The quantitative estimate of drug-likeness (QED) is 0.337. The Kier molecular flexibility index (Phi) is 10.4. The molecule has 0 saturated carbocycles. The molecule has 13 heteroatoms. The molecule has 1 aromatic carbocycles. The zero-order valence-electron chi connectivity index (χ0n) is 22.6. The van der Waals surface area contributed by atoms with Gasteiger partial charge in [-0.15, -0.1) is 0 Å². The average Bonchev–Trinajstić information content (AvgIpc) is 3.52. The third-order valence-electron chi connectivity index (χ3n) is 6.81. The van der Waals surface area contributed by atoms with E-state index in [1.807, 2.05) is 37.3 Å². The normalized spacial score (nSPS) is 16.6. The Balaban J connectivity index is 1.49. The van der Waals surface area contributed by atoms with Crippen LogP contribution in [-0.2, 0) is 9.53 Å². The van der Waals surface area contributed by atoms with Crippen molar-refractivity contribution in [3.05, 3.63) is 42.1 Å². The number of benzene rings is 1. The zero-order valence-corrected chi connectivity index (χ0v) is 23.5. The summed E-state index contributed by atoms with van der Waals surface area (Å²) in [5.74, 6) is 0.684. The Morgan fingerprint density at radius 2 is 1.75 bits per heavy atom. The van der Waals surface area contributed by atoms with Crippen molar-refractivity contribution in [3.8, 4) is 11.4 Å². The van der Waals surface area contributed by atoms with Gasteiger partial charge in [-0.25, -0.2) is 14.8 Å². The van der Waals surface area contributed by atoms with Crippen LogP contribution >= 0.6 is 8.00 Å². The number of hydrogen-bond donors (Lipinski definition) is 2. The van der Waals surface area contributed by atoms with Crippen molar-refractivity contribution in [1.82, 2.24) is 25.1 Å². The summed E-state index contributed by atoms with van der Waals surface area (Å²) in [6, 6.07) is 9.51. The lowest BCUT2D eigenvalue weighted by Crippen LogP contribution is -2.56. The number of carbonyl (C=O) groups is 3. The highest BCUT2D eigenvalue weighted by molar-refractivity contribution is 7.44. The molecule has 2 saturated heterocycles. The van der Waals surface area contributed by atoms with E-state index >= 15 is 0 Å². The summed E-state index contributed by atoms with van der Waals surface area (Å²) in [4.78, 5) is 74.4. The van der Waals surface area contributed by atoms with E-state index in [9.17, 15) is 24.2 Å². The molecule has 1 aromatic heterocycles. The van der Waals surface area contributed by atoms with Crippen molar-refractivity contribution in [3.63, 3.8) is 0 Å². The van der Waals surface area contributed by atoms with Crippen LogP contribution in [0.15, 0.2) is 36.4 Å². The number of amides is 3. The fourth-order valence-electron chi connectivity index (χ4n) is 4.58. The predicted octanol–water partition coefficient (Wildman–Crippen LogP) is 1.39. The summed E-state index contributed by atoms with van der Waals surface area (Å²) >= 11 is 0. The maximum Gasteiger partial charge on any atom is 0.409 e. The Labute approximate surface area is 234 Å². The van der Waals surface area contributed by atoms with Gasteiger partial charge in [-0.3, -0.25) is 9.59 Å². The van der Waals surface area contributed by atoms with Gasteiger partial charge >= 0.3 is 6.09 Å². The lowest BCUT2D eigenvalue weighted by Gasteiger charge is -2.35. The summed E-state index contributed by atoms with van der Waals surface area (Å²) in [7, 11) is -2.84. The molecule has 2 N–H and O–H groups in total. The van der Waals surface area contributed by atoms with E-state index in [4.69, 9.17) is 4.74 Å². The Bertz CT molecular complexity index is 1210. The van der Waals surface area contributed by atoms with Crippen molar-refractivity contribution in [2.24, 2.45) is 0 Å². The number of hydrogen-bond acceptors (Lipinski definition) is 9. The highest BCUT2D eigenvalue weighted by atomic mass is 31.1. The number of rotatable bonds is 9. The van der Waals surface area contributed by atoms with E-state index in [1.54, 1.807) is 6.07 Å². The molecular weight excluding hydrogens is 535 g/mol. The molecule has 12 nitrogen and oxygen atoms in total. The first-order valence-corrected chi connectivity index (χ1v) is 14.8. The molecule has 0 radical (unpaired) electrons. The third kappa shape index (κ3) is 7.74. The van der Waals surface area contributed by atoms with Crippen LogP contribution in [0.2, 0.25) is 0 Å². The molecule has 2 atom stereocenters. The molecule has 2 aliphatic rings. The van der Waals surface area contributed by atoms with E-state index in [1.165, 1.54) is 9.80 Å². The molecule has 0 bridgehead atoms. The first-order valence-electron chi connectivity index (χ1n) is 13.6. The number of anilines is 1. The standard InChI is InChI=1S/C27H35N6O6P/c1-2-3-17-39-27(36)33-15-13-32(14-16-33)26(35)22(19-40(37)38)29-25(34)21-18-23(31-11-7-8-12-31)30-24(28-21)20-9-5-4-6-10-20/h4-6,9-10,18-19,22H,2-3,7-8,11-17H2,1H3,(H,29,34)(H,37,38)/t22-/m0/s1. The summed E-state index contributed by atoms with van der Waals surface area (Å²) in [6.07, 6.45) is 3.30. The van der Waals surface area contributed by atoms with E-state index in [0.29, 0.717) is 18.2 Å². The Morgan fingerprint density at radius 3 is 2.40 bits per heavy atom. The van der Waals surface area contributed by atoms with Gasteiger partial charge in [-0.2, -0.15) is 4.89 Å². The topological polar surface area (TPSA) is 151 Å². The predicted molar refractivity (Wildman–Crippen MR) is 150 cm³/mol. The van der Waals surface area contributed by atoms with Crippen molar-refractivity contribution < 1.29 is 28.9 Å². The summed E-state index contributed by atoms with van der Waals surface area (Å²) in [6.45, 7) is 4.89. The maximum absolute atomic E-state index is 13.4. The molecule has 0 aliphatic carbocycles. The van der Waals surface area contributed by atoms with Gasteiger partial charge in [0.15, 0.2) is 11.9 Å². The number of unbranched alkanes of at least 4 members (excludes halogenated alkanes) is 1. The van der Waals surface area contributed by atoms with Crippen LogP contribution in [0.4, 0.5) is 10.6 Å². The third-order valence-corrected chi connectivity index (χ3v) is 7.36. The SMILES string of the molecule is CCCCOC(=O)N1CCN(C(=O)[C@H](/C=[P+](/[O-])O)NC(=O)c2cc(N3CCCC3)nc(-c3ccccc3)n2)CC1. The first kappa shape index (κ1) is 29.4. The Morgan fingerprint density at radius 1 is 1.07 bits per heavy atom. The second kappa shape index (κ2) is 14.2. The maximum atomic E-state index is 13.4. The molecule has 2 aromatic rings. The number of aromatic nitrogens is 2. The van der Waals surface area contributed by atoms with Crippen molar-refractivity contribution >= 4 is 37.5 Å². The Hall–Kier alpha value is -3.60. The molecule has 4 rings (SSSR count). The van der Waals surface area contributed by atoms with Crippen LogP contribution in [0.5, 0.6) is 0 Å². The largest absolute Gasteiger partial charge is 0.603 e. The minimum atomic E-state index is -2.84. The van der Waals surface area contributed by atoms with Crippen molar-refractivity contribution in [2.45, 2.75) is 38.6 Å². The highest BCUT2D eigenvalue weighted by Gasteiger charge is 2.32. The van der Waals surface area contributed by atoms with Gasteiger partial charge in [-0.05, 0) is 19.3 Å². The molecule has 3 amide bonds. The van der Waals surface area contributed by atoms with Gasteiger partial charge in [0, 0.05) is 50.9 Å². The molecular formula is C27H35N6O6P. The molecule has 1 unspecified atom stereocenters. The van der Waals surface area contributed by atoms with Gasteiger partial charge in [-0.1, -0.05) is 43.7 Å². The summed E-state index contributed by atoms with van der Waals surface area (Å²) in [5, 5.41) is 2.58. The summed E-state index contributed by atoms with van der Waals surface area (Å²) in [5.41, 5.74) is 0.788. The average molecular weight is 571 g/mol. The van der Waals surface area contributed by atoms with E-state index in [2.05, 4.69) is 20.2 Å². The molecule has 214 valence electrons. The van der Waals surface area contributed by atoms with Crippen LogP contribution in [0.1, 0.15) is 43.1 Å². The molecule has 40 heavy (non-hydrogen) atoms. The fourth-order valence-corrected chi connectivity index (χ4v) is 5.04. The van der Waals surface area contributed by atoms with Crippen LogP contribution in [-0.4, -0.2) is 100 Å². The summed E-state index contributed by atoms with van der Waals surface area (Å²) < 4.78 is 5.24. The lowest BCUT2D eigenvalue weighted by molar-refractivity contribution is -0.167.